The van der Waals surface area contributed by atoms with Gasteiger partial charge in [-0.25, -0.2) is 13.6 Å². The van der Waals surface area contributed by atoms with Crippen LogP contribution in [0.2, 0.25) is 0 Å². The zero-order valence-corrected chi connectivity index (χ0v) is 8.57. The van der Waals surface area contributed by atoms with Gasteiger partial charge in [0.05, 0.1) is 18.7 Å². The molecule has 0 saturated carbocycles. The highest BCUT2D eigenvalue weighted by Crippen LogP contribution is 2.18. The largest absolute Gasteiger partial charge is 0.395 e. The molecular weight excluding hydrogens is 218 g/mol. The van der Waals surface area contributed by atoms with Crippen molar-refractivity contribution in [1.82, 2.24) is 9.13 Å². The predicted octanol–water partition coefficient (Wildman–Crippen LogP) is 0.610. The number of halogens is 2. The van der Waals surface area contributed by atoms with Gasteiger partial charge in [-0.05, 0) is 12.1 Å². The van der Waals surface area contributed by atoms with Crippen molar-refractivity contribution in [2.45, 2.75) is 6.54 Å². The third-order valence-electron chi connectivity index (χ3n) is 2.52. The first-order valence-corrected chi connectivity index (χ1v) is 4.72. The van der Waals surface area contributed by atoms with E-state index < -0.39 is 17.3 Å². The Morgan fingerprint density at radius 2 is 2.06 bits per heavy atom. The van der Waals surface area contributed by atoms with Gasteiger partial charge < -0.3 is 5.11 Å². The minimum atomic E-state index is -1.07. The van der Waals surface area contributed by atoms with Crippen LogP contribution in [0.1, 0.15) is 0 Å². The van der Waals surface area contributed by atoms with E-state index in [1.54, 1.807) is 0 Å². The monoisotopic (exact) mass is 228 g/mol. The first-order valence-electron chi connectivity index (χ1n) is 4.72. The summed E-state index contributed by atoms with van der Waals surface area (Å²) < 4.78 is 28.8. The topological polar surface area (TPSA) is 47.2 Å². The Morgan fingerprint density at radius 3 is 2.69 bits per heavy atom. The maximum atomic E-state index is 13.5. The van der Waals surface area contributed by atoms with Crippen molar-refractivity contribution < 1.29 is 13.9 Å². The summed E-state index contributed by atoms with van der Waals surface area (Å²) in [4.78, 5) is 11.7. The van der Waals surface area contributed by atoms with Crippen LogP contribution in [-0.2, 0) is 13.6 Å². The van der Waals surface area contributed by atoms with Crippen molar-refractivity contribution >= 4 is 11.0 Å². The van der Waals surface area contributed by atoms with E-state index in [1.807, 2.05) is 0 Å². The smallest absolute Gasteiger partial charge is 0.329 e. The lowest BCUT2D eigenvalue weighted by molar-refractivity contribution is 0.275. The van der Waals surface area contributed by atoms with E-state index in [9.17, 15) is 13.6 Å². The molecule has 1 aromatic heterocycles. The highest BCUT2D eigenvalue weighted by Gasteiger charge is 2.16. The second-order valence-electron chi connectivity index (χ2n) is 3.45. The van der Waals surface area contributed by atoms with E-state index in [1.165, 1.54) is 17.7 Å². The number of aliphatic hydroxyl groups is 1. The molecule has 0 atom stereocenters. The summed E-state index contributed by atoms with van der Waals surface area (Å²) in [5.41, 5.74) is -0.285. The molecule has 2 rings (SSSR count). The molecule has 0 unspecified atom stereocenters. The summed E-state index contributed by atoms with van der Waals surface area (Å²) in [5.74, 6) is -2.08. The highest BCUT2D eigenvalue weighted by atomic mass is 19.2. The Hall–Kier alpha value is -1.69. The molecule has 0 aliphatic rings. The molecule has 2 aromatic rings. The fraction of sp³-hybridized carbons (Fsp3) is 0.300. The molecule has 16 heavy (non-hydrogen) atoms. The summed E-state index contributed by atoms with van der Waals surface area (Å²) >= 11 is 0. The number of fused-ring (bicyclic) bond motifs is 1. The number of aliphatic hydroxyl groups excluding tert-OH is 1. The minimum Gasteiger partial charge on any atom is -0.395 e. The van der Waals surface area contributed by atoms with E-state index in [0.29, 0.717) is 5.52 Å². The Bertz CT molecular complexity index is 601. The molecule has 0 amide bonds. The van der Waals surface area contributed by atoms with Gasteiger partial charge in [-0.1, -0.05) is 0 Å². The molecule has 1 heterocycles. The zero-order chi connectivity index (χ0) is 11.9. The lowest BCUT2D eigenvalue weighted by atomic mass is 10.3. The normalized spacial score (nSPS) is 11.2. The van der Waals surface area contributed by atoms with Crippen molar-refractivity contribution in [2.75, 3.05) is 6.61 Å². The number of hydrogen-bond acceptors (Lipinski definition) is 2. The number of benzene rings is 1. The molecule has 86 valence electrons. The van der Waals surface area contributed by atoms with Crippen LogP contribution in [0.5, 0.6) is 0 Å². The summed E-state index contributed by atoms with van der Waals surface area (Å²) in [7, 11) is 1.47. The molecule has 4 nitrogen and oxygen atoms in total. The Kier molecular flexibility index (Phi) is 2.51. The highest BCUT2D eigenvalue weighted by molar-refractivity contribution is 5.76. The van der Waals surface area contributed by atoms with Crippen molar-refractivity contribution in [1.29, 1.82) is 0 Å². The van der Waals surface area contributed by atoms with Crippen LogP contribution >= 0.6 is 0 Å². The van der Waals surface area contributed by atoms with Crippen molar-refractivity contribution in [2.24, 2.45) is 7.05 Å². The quantitative estimate of drug-likeness (QED) is 0.818. The van der Waals surface area contributed by atoms with E-state index in [-0.39, 0.29) is 18.7 Å². The molecule has 6 heteroatoms. The molecule has 0 radical (unpaired) electrons. The number of nitrogens with zero attached hydrogens (tertiary/aromatic N) is 2. The van der Waals surface area contributed by atoms with Crippen molar-refractivity contribution in [3.05, 3.63) is 34.3 Å². The van der Waals surface area contributed by atoms with Crippen LogP contribution in [0.15, 0.2) is 16.9 Å². The Balaban J connectivity index is 2.92. The van der Waals surface area contributed by atoms with Gasteiger partial charge in [0.25, 0.3) is 0 Å². The fourth-order valence-corrected chi connectivity index (χ4v) is 1.74. The summed E-state index contributed by atoms with van der Waals surface area (Å²) in [5, 5.41) is 8.79. The fourth-order valence-electron chi connectivity index (χ4n) is 1.74. The van der Waals surface area contributed by atoms with Crippen LogP contribution in [0, 0.1) is 11.6 Å². The second-order valence-corrected chi connectivity index (χ2v) is 3.45. The number of aryl methyl sites for hydroxylation is 1. The van der Waals surface area contributed by atoms with E-state index in [0.717, 1.165) is 10.6 Å². The van der Waals surface area contributed by atoms with E-state index in [2.05, 4.69) is 0 Å². The number of rotatable bonds is 2. The molecule has 0 aliphatic carbocycles. The van der Waals surface area contributed by atoms with Crippen LogP contribution in [-0.4, -0.2) is 20.8 Å². The summed E-state index contributed by atoms with van der Waals surface area (Å²) in [6, 6.07) is 2.31. The van der Waals surface area contributed by atoms with Gasteiger partial charge in [0.1, 0.15) is 5.52 Å². The number of imidazole rings is 1. The van der Waals surface area contributed by atoms with Gasteiger partial charge in [0.15, 0.2) is 11.6 Å². The van der Waals surface area contributed by atoms with Crippen LogP contribution < -0.4 is 5.69 Å². The molecular formula is C10H10F2N2O2. The average Bonchev–Trinajstić information content (AvgIpc) is 2.50. The van der Waals surface area contributed by atoms with Gasteiger partial charge in [0, 0.05) is 7.05 Å². The van der Waals surface area contributed by atoms with Crippen molar-refractivity contribution in [3.8, 4) is 0 Å². The van der Waals surface area contributed by atoms with Gasteiger partial charge in [-0.2, -0.15) is 0 Å². The standard InChI is InChI=1S/C10H10F2N2O2/c1-13-7-3-2-6(11)8(12)9(7)14(4-5-15)10(13)16/h2-3,15H,4-5H2,1H3. The minimum absolute atomic E-state index is 0.0590. The van der Waals surface area contributed by atoms with Crippen LogP contribution in [0.3, 0.4) is 0 Å². The summed E-state index contributed by atoms with van der Waals surface area (Å²) in [6.07, 6.45) is 0. The average molecular weight is 228 g/mol. The van der Waals surface area contributed by atoms with E-state index in [4.69, 9.17) is 5.11 Å². The molecule has 1 aromatic carbocycles. The first-order chi connectivity index (χ1) is 7.57. The Labute approximate surface area is 89.3 Å². The van der Waals surface area contributed by atoms with Crippen LogP contribution in [0.4, 0.5) is 8.78 Å². The molecule has 0 saturated heterocycles. The van der Waals surface area contributed by atoms with Crippen molar-refractivity contribution in [3.63, 3.8) is 0 Å². The van der Waals surface area contributed by atoms with Gasteiger partial charge in [-0.3, -0.25) is 9.13 Å². The molecule has 1 N–H and O–H groups in total. The zero-order valence-electron chi connectivity index (χ0n) is 8.57. The third kappa shape index (κ3) is 1.34. The van der Waals surface area contributed by atoms with Gasteiger partial charge in [-0.15, -0.1) is 0 Å². The molecule has 0 aliphatic heterocycles. The van der Waals surface area contributed by atoms with E-state index >= 15 is 0 Å². The molecule has 0 bridgehead atoms. The lowest BCUT2D eigenvalue weighted by Crippen LogP contribution is -2.23. The molecule has 0 spiro atoms. The Morgan fingerprint density at radius 1 is 1.38 bits per heavy atom. The third-order valence-corrected chi connectivity index (χ3v) is 2.52. The second kappa shape index (κ2) is 3.71. The maximum Gasteiger partial charge on any atom is 0.329 e. The predicted molar refractivity (Wildman–Crippen MR) is 54.2 cm³/mol. The maximum absolute atomic E-state index is 13.5. The molecule has 0 fully saturated rings. The van der Waals surface area contributed by atoms with Gasteiger partial charge >= 0.3 is 5.69 Å². The SMILES string of the molecule is Cn1c(=O)n(CCO)c2c(F)c(F)ccc21. The lowest BCUT2D eigenvalue weighted by Gasteiger charge is -2.01. The van der Waals surface area contributed by atoms with Gasteiger partial charge in [0.2, 0.25) is 0 Å². The number of hydrogen-bond donors (Lipinski definition) is 1. The number of aromatic nitrogens is 2. The summed E-state index contributed by atoms with van der Waals surface area (Å²) in [6.45, 7) is -0.370. The van der Waals surface area contributed by atoms with Crippen LogP contribution in [0.25, 0.3) is 11.0 Å². The first kappa shape index (κ1) is 10.8.